The molecule has 0 radical (unpaired) electrons. The second-order valence-electron chi connectivity index (χ2n) is 25.5. The summed E-state index contributed by atoms with van der Waals surface area (Å²) in [7, 11) is 0. The highest BCUT2D eigenvalue weighted by molar-refractivity contribution is 6.01. The monoisotopic (exact) mass is 1130 g/mol. The fourth-order valence-electron chi connectivity index (χ4n) is 14.6. The maximum atomic E-state index is 5.43. The highest BCUT2D eigenvalue weighted by atomic mass is 16.6. The summed E-state index contributed by atoms with van der Waals surface area (Å²) in [4.78, 5) is 8.69. The minimum Gasteiger partial charge on any atom is -0.265 e. The van der Waals surface area contributed by atoms with Gasteiger partial charge in [-0.05, 0) is 228 Å². The Bertz CT molecular complexity index is 5030. The predicted octanol–water partition coefficient (Wildman–Crippen LogP) is 21.3. The van der Waals surface area contributed by atoms with Crippen LogP contribution >= 0.6 is 0 Å². The molecule has 3 aromatic heterocycles. The van der Waals surface area contributed by atoms with Crippen LogP contribution in [0.15, 0.2) is 248 Å². The van der Waals surface area contributed by atoms with Crippen LogP contribution in [0, 0.1) is 0 Å². The first-order valence-corrected chi connectivity index (χ1v) is 30.5. The standard InChI is InChI=1S/C83H62N4O/c1-81(2)73-45-55(53-13-9-7-10-14-53)21-27-65(73)66-28-22-56(46-74(66)81)57-23-29-67-69-31-25-61(49-77(69)82(3,4)75(67)47-57)71-43-59(20-18-52-37-41-85-42-38-52)72(44-58(71)19-17-51-35-39-84-40-36-51)62-26-32-70-68-30-24-60(48-76(68)83(5,6)78(70)50-62)64-34-33-63(54-15-11-8-12-16-54)79-80(64)87-88-86-79/h7-50H,1-6H3/b19-17+,20-18+. The van der Waals surface area contributed by atoms with E-state index in [0.717, 1.165) is 72.2 Å². The van der Waals surface area contributed by atoms with E-state index < -0.39 is 0 Å². The molecule has 5 nitrogen and oxygen atoms in total. The average molecular weight is 1130 g/mol. The van der Waals surface area contributed by atoms with E-state index in [1.165, 1.54) is 94.6 Å². The van der Waals surface area contributed by atoms with Crippen molar-refractivity contribution in [3.05, 3.63) is 299 Å². The summed E-state index contributed by atoms with van der Waals surface area (Å²) in [5.74, 6) is 0. The van der Waals surface area contributed by atoms with Crippen LogP contribution in [0.2, 0.25) is 0 Å². The van der Waals surface area contributed by atoms with Gasteiger partial charge in [-0.25, -0.2) is 4.63 Å². The number of hydrogen-bond acceptors (Lipinski definition) is 5. The molecule has 0 aliphatic heterocycles. The molecule has 0 spiro atoms. The first-order valence-electron chi connectivity index (χ1n) is 30.5. The van der Waals surface area contributed by atoms with Crippen LogP contribution in [-0.2, 0) is 16.2 Å². The number of nitrogens with zero attached hydrogens (tertiary/aromatic N) is 4. The van der Waals surface area contributed by atoms with E-state index in [-0.39, 0.29) is 16.2 Å². The fraction of sp³-hybridized carbons (Fsp3) is 0.108. The Morgan fingerprint density at radius 3 is 0.932 bits per heavy atom. The zero-order valence-electron chi connectivity index (χ0n) is 50.1. The molecule has 88 heavy (non-hydrogen) atoms. The number of fused-ring (bicyclic) bond motifs is 10. The smallest absolute Gasteiger partial charge is 0.143 e. The summed E-state index contributed by atoms with van der Waals surface area (Å²) >= 11 is 0. The van der Waals surface area contributed by atoms with Gasteiger partial charge in [0.05, 0.1) is 0 Å². The number of benzene rings is 10. The van der Waals surface area contributed by atoms with Gasteiger partial charge in [-0.15, -0.1) is 0 Å². The molecule has 3 aliphatic rings. The quantitative estimate of drug-likeness (QED) is 0.137. The molecule has 0 amide bonds. The summed E-state index contributed by atoms with van der Waals surface area (Å²) in [6.45, 7) is 14.3. The van der Waals surface area contributed by atoms with E-state index in [2.05, 4.69) is 286 Å². The molecule has 0 N–H and O–H groups in total. The van der Waals surface area contributed by atoms with E-state index in [1.54, 1.807) is 0 Å². The van der Waals surface area contributed by atoms with E-state index in [4.69, 9.17) is 4.63 Å². The third-order valence-corrected chi connectivity index (χ3v) is 19.4. The molecule has 5 heteroatoms. The molecule has 0 bridgehead atoms. The Morgan fingerprint density at radius 1 is 0.261 bits per heavy atom. The highest BCUT2D eigenvalue weighted by Gasteiger charge is 2.39. The Hall–Kier alpha value is -10.6. The van der Waals surface area contributed by atoms with Crippen LogP contribution in [0.4, 0.5) is 0 Å². The van der Waals surface area contributed by atoms with Crippen molar-refractivity contribution in [2.24, 2.45) is 0 Å². The van der Waals surface area contributed by atoms with Gasteiger partial charge >= 0.3 is 0 Å². The summed E-state index contributed by atoms with van der Waals surface area (Å²) < 4.78 is 5.43. The van der Waals surface area contributed by atoms with Gasteiger partial charge in [-0.1, -0.05) is 211 Å². The molecule has 0 saturated carbocycles. The number of pyridine rings is 2. The van der Waals surface area contributed by atoms with Crippen molar-refractivity contribution in [2.45, 2.75) is 57.8 Å². The molecule has 16 rings (SSSR count). The Labute approximate surface area is 514 Å². The third-order valence-electron chi connectivity index (χ3n) is 19.4. The topological polar surface area (TPSA) is 64.7 Å². The van der Waals surface area contributed by atoms with Gasteiger partial charge in [0.1, 0.15) is 11.0 Å². The molecular formula is C83H62N4O. The summed E-state index contributed by atoms with van der Waals surface area (Å²) in [5, 5.41) is 8.87. The molecule has 0 unspecified atom stereocenters. The van der Waals surface area contributed by atoms with Crippen molar-refractivity contribution >= 4 is 35.3 Å². The van der Waals surface area contributed by atoms with Gasteiger partial charge in [-0.3, -0.25) is 9.97 Å². The highest BCUT2D eigenvalue weighted by Crippen LogP contribution is 2.55. The summed E-state index contributed by atoms with van der Waals surface area (Å²) in [6.07, 6.45) is 16.4. The van der Waals surface area contributed by atoms with Crippen molar-refractivity contribution in [3.8, 4) is 100 Å². The predicted molar refractivity (Wildman–Crippen MR) is 363 cm³/mol. The minimum absolute atomic E-state index is 0.145. The van der Waals surface area contributed by atoms with Gasteiger partial charge in [0, 0.05) is 52.2 Å². The molecule has 10 aromatic carbocycles. The molecule has 3 aliphatic carbocycles. The third kappa shape index (κ3) is 8.59. The molecular weight excluding hydrogens is 1070 g/mol. The normalized spacial score (nSPS) is 14.4. The lowest BCUT2D eigenvalue weighted by Gasteiger charge is -2.24. The first kappa shape index (κ1) is 52.9. The lowest BCUT2D eigenvalue weighted by atomic mass is 9.79. The first-order chi connectivity index (χ1) is 42.9. The van der Waals surface area contributed by atoms with Crippen molar-refractivity contribution in [2.75, 3.05) is 0 Å². The zero-order valence-corrected chi connectivity index (χ0v) is 50.1. The van der Waals surface area contributed by atoms with Gasteiger partial charge < -0.3 is 0 Å². The molecule has 0 fully saturated rings. The summed E-state index contributed by atoms with van der Waals surface area (Å²) in [6, 6.07) is 80.8. The van der Waals surface area contributed by atoms with Gasteiger partial charge in [0.15, 0.2) is 0 Å². The summed E-state index contributed by atoms with van der Waals surface area (Å²) in [5.41, 5.74) is 34.7. The number of aromatic nitrogens is 4. The fourth-order valence-corrected chi connectivity index (χ4v) is 14.6. The van der Waals surface area contributed by atoms with E-state index in [1.807, 2.05) is 43.0 Å². The SMILES string of the molecule is CC1(C)c2cc(-c3ccccc3)ccc2-c2ccc(-c3ccc4c(c3)C(C)(C)c3cc(-c5cc(/C=C/c6ccncc6)c(-c6ccc7c(c6)C(C)(C)c6cc(-c8ccc(-c9ccccc9)c9nonc89)ccc6-7)cc5/C=C/c5ccncc5)ccc3-4)cc21. The van der Waals surface area contributed by atoms with E-state index >= 15 is 0 Å². The number of rotatable bonds is 10. The molecule has 3 heterocycles. The van der Waals surface area contributed by atoms with Crippen molar-refractivity contribution < 1.29 is 4.63 Å². The van der Waals surface area contributed by atoms with Crippen LogP contribution < -0.4 is 0 Å². The van der Waals surface area contributed by atoms with E-state index in [0.29, 0.717) is 0 Å². The van der Waals surface area contributed by atoms with E-state index in [9.17, 15) is 0 Å². The Kier molecular flexibility index (Phi) is 12.2. The second kappa shape index (κ2) is 20.3. The number of hydrogen-bond donors (Lipinski definition) is 0. The van der Waals surface area contributed by atoms with Crippen LogP contribution in [0.3, 0.4) is 0 Å². The molecule has 0 saturated heterocycles. The lowest BCUT2D eigenvalue weighted by Crippen LogP contribution is -2.15. The van der Waals surface area contributed by atoms with Gasteiger partial charge in [0.2, 0.25) is 0 Å². The molecule has 420 valence electrons. The maximum absolute atomic E-state index is 5.43. The molecule has 13 aromatic rings. The van der Waals surface area contributed by atoms with Gasteiger partial charge in [-0.2, -0.15) is 0 Å². The van der Waals surface area contributed by atoms with Crippen LogP contribution in [-0.4, -0.2) is 20.3 Å². The lowest BCUT2D eigenvalue weighted by molar-refractivity contribution is 0.315. The average Bonchev–Trinajstić information content (AvgIpc) is 2.21. The van der Waals surface area contributed by atoms with Crippen molar-refractivity contribution in [1.82, 2.24) is 20.3 Å². The Balaban J connectivity index is 0.773. The van der Waals surface area contributed by atoms with Crippen molar-refractivity contribution in [1.29, 1.82) is 0 Å². The van der Waals surface area contributed by atoms with Crippen LogP contribution in [0.25, 0.3) is 135 Å². The van der Waals surface area contributed by atoms with Gasteiger partial charge in [0.25, 0.3) is 0 Å². The largest absolute Gasteiger partial charge is 0.265 e. The Morgan fingerprint density at radius 2 is 0.557 bits per heavy atom. The minimum atomic E-state index is -0.313. The zero-order chi connectivity index (χ0) is 59.5. The maximum Gasteiger partial charge on any atom is 0.143 e. The second-order valence-corrected chi connectivity index (χ2v) is 25.5. The molecule has 0 atom stereocenters. The van der Waals surface area contributed by atoms with Crippen molar-refractivity contribution in [3.63, 3.8) is 0 Å². The van der Waals surface area contributed by atoms with Crippen LogP contribution in [0.5, 0.6) is 0 Å². The van der Waals surface area contributed by atoms with Crippen LogP contribution in [0.1, 0.15) is 97.2 Å².